The van der Waals surface area contributed by atoms with Gasteiger partial charge in [0.05, 0.1) is 6.07 Å². The lowest BCUT2D eigenvalue weighted by Crippen LogP contribution is -2.13. The van der Waals surface area contributed by atoms with Crippen molar-refractivity contribution in [1.82, 2.24) is 0 Å². The van der Waals surface area contributed by atoms with Gasteiger partial charge in [-0.25, -0.2) is 0 Å². The smallest absolute Gasteiger partial charge is 0.0625 e. The summed E-state index contributed by atoms with van der Waals surface area (Å²) in [6, 6.07) is 2.22. The Morgan fingerprint density at radius 3 is 2.91 bits per heavy atom. The van der Waals surface area contributed by atoms with Crippen LogP contribution in [-0.4, -0.2) is 0 Å². The molecule has 0 N–H and O–H groups in total. The Kier molecular flexibility index (Phi) is 2.92. The Bertz CT molecular complexity index is 197. The number of hydrogen-bond acceptors (Lipinski definition) is 1. The molecule has 0 aromatic carbocycles. The van der Waals surface area contributed by atoms with Gasteiger partial charge in [0.25, 0.3) is 0 Å². The molecule has 1 heteroatoms. The average molecular weight is 147 g/mol. The standard InChI is InChI=1S/C10H13N/c1-2-9-5-3-4-6-10(9)7-8-11/h2-4,9-10H,1,5-7H2/t9-,10-/m1/s1. The van der Waals surface area contributed by atoms with Gasteiger partial charge in [0, 0.05) is 6.42 Å². The minimum Gasteiger partial charge on any atom is -0.198 e. The Morgan fingerprint density at radius 2 is 2.27 bits per heavy atom. The van der Waals surface area contributed by atoms with Gasteiger partial charge < -0.3 is 0 Å². The monoisotopic (exact) mass is 147 g/mol. The Labute approximate surface area is 68.0 Å². The van der Waals surface area contributed by atoms with Crippen molar-refractivity contribution < 1.29 is 0 Å². The highest BCUT2D eigenvalue weighted by atomic mass is 14.3. The molecule has 1 aliphatic rings. The molecule has 0 saturated carbocycles. The minimum absolute atomic E-state index is 0.516. The van der Waals surface area contributed by atoms with E-state index in [1.165, 1.54) is 0 Å². The predicted octanol–water partition coefficient (Wildman–Crippen LogP) is 2.67. The van der Waals surface area contributed by atoms with E-state index in [0.717, 1.165) is 12.8 Å². The van der Waals surface area contributed by atoms with Crippen LogP contribution >= 0.6 is 0 Å². The third-order valence-electron chi connectivity index (χ3n) is 2.28. The summed E-state index contributed by atoms with van der Waals surface area (Å²) in [6.45, 7) is 3.77. The molecule has 0 heterocycles. The van der Waals surface area contributed by atoms with Crippen molar-refractivity contribution in [3.8, 4) is 6.07 Å². The van der Waals surface area contributed by atoms with Gasteiger partial charge in [-0.05, 0) is 24.7 Å². The van der Waals surface area contributed by atoms with Gasteiger partial charge in [0.15, 0.2) is 0 Å². The third-order valence-corrected chi connectivity index (χ3v) is 2.28. The molecule has 0 amide bonds. The highest BCUT2D eigenvalue weighted by Gasteiger charge is 2.18. The lowest BCUT2D eigenvalue weighted by Gasteiger charge is -2.23. The van der Waals surface area contributed by atoms with Crippen molar-refractivity contribution in [2.45, 2.75) is 19.3 Å². The summed E-state index contributed by atoms with van der Waals surface area (Å²) in [5.74, 6) is 1.04. The van der Waals surface area contributed by atoms with Crippen molar-refractivity contribution in [3.63, 3.8) is 0 Å². The van der Waals surface area contributed by atoms with Crippen molar-refractivity contribution in [2.75, 3.05) is 0 Å². The zero-order valence-electron chi connectivity index (χ0n) is 6.66. The summed E-state index contributed by atoms with van der Waals surface area (Å²) < 4.78 is 0. The van der Waals surface area contributed by atoms with E-state index < -0.39 is 0 Å². The van der Waals surface area contributed by atoms with Gasteiger partial charge in [0.2, 0.25) is 0 Å². The van der Waals surface area contributed by atoms with Crippen LogP contribution < -0.4 is 0 Å². The molecule has 0 aromatic rings. The molecular weight excluding hydrogens is 134 g/mol. The Hall–Kier alpha value is -1.03. The van der Waals surface area contributed by atoms with Gasteiger partial charge >= 0.3 is 0 Å². The Morgan fingerprint density at radius 1 is 1.55 bits per heavy atom. The quantitative estimate of drug-likeness (QED) is 0.551. The highest BCUT2D eigenvalue weighted by molar-refractivity contribution is 5.01. The molecule has 0 fully saturated rings. The van der Waals surface area contributed by atoms with Crippen LogP contribution in [0.3, 0.4) is 0 Å². The molecule has 1 rings (SSSR count). The van der Waals surface area contributed by atoms with Gasteiger partial charge in [0.1, 0.15) is 0 Å². The molecule has 0 unspecified atom stereocenters. The predicted molar refractivity (Wildman–Crippen MR) is 45.8 cm³/mol. The van der Waals surface area contributed by atoms with Crippen LogP contribution in [0.2, 0.25) is 0 Å². The molecule has 58 valence electrons. The van der Waals surface area contributed by atoms with E-state index in [4.69, 9.17) is 5.26 Å². The Balaban J connectivity index is 2.55. The molecule has 2 atom stereocenters. The first kappa shape index (κ1) is 8.07. The summed E-state index contributed by atoms with van der Waals surface area (Å²) in [7, 11) is 0. The molecule has 0 radical (unpaired) electrons. The van der Waals surface area contributed by atoms with Crippen molar-refractivity contribution in [2.24, 2.45) is 11.8 Å². The lowest BCUT2D eigenvalue weighted by atomic mass is 9.81. The van der Waals surface area contributed by atoms with Crippen LogP contribution in [0, 0.1) is 23.2 Å². The second kappa shape index (κ2) is 3.98. The molecule has 0 saturated heterocycles. The molecule has 0 aliphatic heterocycles. The van der Waals surface area contributed by atoms with E-state index in [2.05, 4.69) is 24.8 Å². The number of allylic oxidation sites excluding steroid dienone is 3. The largest absolute Gasteiger partial charge is 0.198 e. The van der Waals surface area contributed by atoms with E-state index >= 15 is 0 Å². The van der Waals surface area contributed by atoms with E-state index in [-0.39, 0.29) is 0 Å². The molecule has 1 nitrogen and oxygen atoms in total. The van der Waals surface area contributed by atoms with Crippen molar-refractivity contribution in [1.29, 1.82) is 5.26 Å². The lowest BCUT2D eigenvalue weighted by molar-refractivity contribution is 0.393. The second-order valence-electron chi connectivity index (χ2n) is 2.96. The van der Waals surface area contributed by atoms with Gasteiger partial charge in [-0.2, -0.15) is 5.26 Å². The second-order valence-corrected chi connectivity index (χ2v) is 2.96. The first-order valence-electron chi connectivity index (χ1n) is 4.03. The summed E-state index contributed by atoms with van der Waals surface area (Å²) >= 11 is 0. The zero-order chi connectivity index (χ0) is 8.10. The van der Waals surface area contributed by atoms with Gasteiger partial charge in [-0.1, -0.05) is 18.2 Å². The van der Waals surface area contributed by atoms with Crippen molar-refractivity contribution in [3.05, 3.63) is 24.8 Å². The van der Waals surface area contributed by atoms with Gasteiger partial charge in [-0.3, -0.25) is 0 Å². The van der Waals surface area contributed by atoms with E-state index in [0.29, 0.717) is 18.3 Å². The first-order valence-corrected chi connectivity index (χ1v) is 4.03. The topological polar surface area (TPSA) is 23.8 Å². The fourth-order valence-corrected chi connectivity index (χ4v) is 1.53. The number of nitriles is 1. The first-order chi connectivity index (χ1) is 5.38. The third kappa shape index (κ3) is 1.94. The molecule has 0 bridgehead atoms. The fourth-order valence-electron chi connectivity index (χ4n) is 1.53. The average Bonchev–Trinajstić information content (AvgIpc) is 2.06. The highest BCUT2D eigenvalue weighted by Crippen LogP contribution is 2.28. The van der Waals surface area contributed by atoms with Crippen LogP contribution in [0.4, 0.5) is 0 Å². The molecule has 0 aromatic heterocycles. The summed E-state index contributed by atoms with van der Waals surface area (Å²) in [5.41, 5.74) is 0. The van der Waals surface area contributed by atoms with Crippen LogP contribution in [0.1, 0.15) is 19.3 Å². The molecule has 1 aliphatic carbocycles. The van der Waals surface area contributed by atoms with Crippen LogP contribution in [0.15, 0.2) is 24.8 Å². The summed E-state index contributed by atoms with van der Waals surface area (Å²) in [4.78, 5) is 0. The number of hydrogen-bond donors (Lipinski definition) is 0. The summed E-state index contributed by atoms with van der Waals surface area (Å²) in [6.07, 6.45) is 9.11. The van der Waals surface area contributed by atoms with Crippen LogP contribution in [0.5, 0.6) is 0 Å². The van der Waals surface area contributed by atoms with Crippen molar-refractivity contribution >= 4 is 0 Å². The van der Waals surface area contributed by atoms with Crippen LogP contribution in [-0.2, 0) is 0 Å². The number of nitrogens with zero attached hydrogens (tertiary/aromatic N) is 1. The maximum Gasteiger partial charge on any atom is 0.0625 e. The molecular formula is C10H13N. The maximum absolute atomic E-state index is 8.52. The van der Waals surface area contributed by atoms with E-state index in [9.17, 15) is 0 Å². The summed E-state index contributed by atoms with van der Waals surface area (Å²) in [5, 5.41) is 8.52. The SMILES string of the molecule is C=C[C@@H]1CC=CC[C@@H]1CC#N. The minimum atomic E-state index is 0.516. The van der Waals surface area contributed by atoms with E-state index in [1.807, 2.05) is 6.08 Å². The number of rotatable bonds is 2. The zero-order valence-corrected chi connectivity index (χ0v) is 6.66. The molecule has 0 spiro atoms. The molecule has 11 heavy (non-hydrogen) atoms. The van der Waals surface area contributed by atoms with E-state index in [1.54, 1.807) is 0 Å². The normalized spacial score (nSPS) is 29.4. The maximum atomic E-state index is 8.52. The fraction of sp³-hybridized carbons (Fsp3) is 0.500. The van der Waals surface area contributed by atoms with Gasteiger partial charge in [-0.15, -0.1) is 6.58 Å². The van der Waals surface area contributed by atoms with Crippen LogP contribution in [0.25, 0.3) is 0 Å².